The molecule has 0 spiro atoms. The van der Waals surface area contributed by atoms with Crippen LogP contribution in [0.3, 0.4) is 0 Å². The molecule has 3 heteroatoms. The molecule has 1 fully saturated rings. The van der Waals surface area contributed by atoms with E-state index in [1.807, 2.05) is 18.3 Å². The summed E-state index contributed by atoms with van der Waals surface area (Å²) >= 11 is 3.38. The van der Waals surface area contributed by atoms with Gasteiger partial charge in [-0.25, -0.2) is 0 Å². The molecule has 2 N–H and O–H groups in total. The third-order valence-electron chi connectivity index (χ3n) is 3.34. The maximum absolute atomic E-state index is 6.17. The summed E-state index contributed by atoms with van der Waals surface area (Å²) in [5.41, 5.74) is 7.72. The number of nitrogens with zero attached hydrogens (tertiary/aromatic N) is 1. The third-order valence-corrected chi connectivity index (χ3v) is 3.81. The molecule has 0 aliphatic heterocycles. The maximum atomic E-state index is 6.17. The first-order valence-electron chi connectivity index (χ1n) is 5.35. The Labute approximate surface area is 99.4 Å². The van der Waals surface area contributed by atoms with Gasteiger partial charge in [0.05, 0.1) is 0 Å². The van der Waals surface area contributed by atoms with E-state index in [1.54, 1.807) is 0 Å². The summed E-state index contributed by atoms with van der Waals surface area (Å²) in [7, 11) is 0. The first-order valence-corrected chi connectivity index (χ1v) is 6.14. The van der Waals surface area contributed by atoms with Crippen molar-refractivity contribution in [1.29, 1.82) is 0 Å². The first kappa shape index (κ1) is 11.1. The minimum Gasteiger partial charge on any atom is -0.327 e. The van der Waals surface area contributed by atoms with Crippen molar-refractivity contribution in [2.45, 2.75) is 32.7 Å². The van der Waals surface area contributed by atoms with E-state index in [2.05, 4.69) is 34.8 Å². The van der Waals surface area contributed by atoms with E-state index in [-0.39, 0.29) is 6.04 Å². The number of hydrogen-bond acceptors (Lipinski definition) is 2. The van der Waals surface area contributed by atoms with Gasteiger partial charge in [0.1, 0.15) is 0 Å². The fourth-order valence-corrected chi connectivity index (χ4v) is 2.38. The smallest absolute Gasteiger partial charge is 0.0420 e. The van der Waals surface area contributed by atoms with Crippen molar-refractivity contribution >= 4 is 15.9 Å². The molecule has 0 amide bonds. The topological polar surface area (TPSA) is 38.9 Å². The van der Waals surface area contributed by atoms with E-state index >= 15 is 0 Å². The van der Waals surface area contributed by atoms with Crippen LogP contribution in [0.2, 0.25) is 0 Å². The largest absolute Gasteiger partial charge is 0.327 e. The number of rotatable bonds is 3. The van der Waals surface area contributed by atoms with Crippen molar-refractivity contribution in [2.75, 3.05) is 0 Å². The molecule has 2 rings (SSSR count). The van der Waals surface area contributed by atoms with Gasteiger partial charge in [0.15, 0.2) is 0 Å². The van der Waals surface area contributed by atoms with Gasteiger partial charge in [-0.1, -0.05) is 13.8 Å². The molecule has 1 aromatic heterocycles. The fraction of sp³-hybridized carbons (Fsp3) is 0.583. The second-order valence-electron chi connectivity index (χ2n) is 5.13. The van der Waals surface area contributed by atoms with E-state index in [9.17, 15) is 0 Å². The molecule has 1 aliphatic carbocycles. The molecule has 0 bridgehead atoms. The molecule has 0 aromatic carbocycles. The van der Waals surface area contributed by atoms with Crippen LogP contribution in [-0.2, 0) is 6.42 Å². The molecule has 82 valence electrons. The lowest BCUT2D eigenvalue weighted by atomic mass is 10.0. The van der Waals surface area contributed by atoms with Crippen LogP contribution in [0.4, 0.5) is 0 Å². The Balaban J connectivity index is 1.95. The summed E-state index contributed by atoms with van der Waals surface area (Å²) in [6.07, 6.45) is 3.98. The van der Waals surface area contributed by atoms with E-state index in [0.29, 0.717) is 11.3 Å². The summed E-state index contributed by atoms with van der Waals surface area (Å²) in [5, 5.41) is 0. The van der Waals surface area contributed by atoms with Gasteiger partial charge < -0.3 is 5.73 Å². The summed E-state index contributed by atoms with van der Waals surface area (Å²) < 4.78 is 1.02. The van der Waals surface area contributed by atoms with Gasteiger partial charge >= 0.3 is 0 Å². The van der Waals surface area contributed by atoms with E-state index in [4.69, 9.17) is 5.73 Å². The molecule has 1 aliphatic rings. The molecule has 1 heterocycles. The predicted octanol–water partition coefficient (Wildman–Crippen LogP) is 2.76. The molecule has 2 unspecified atom stereocenters. The van der Waals surface area contributed by atoms with Crippen LogP contribution in [-0.4, -0.2) is 11.0 Å². The minimum atomic E-state index is 0.258. The third kappa shape index (κ3) is 2.58. The van der Waals surface area contributed by atoms with Gasteiger partial charge in [-0.2, -0.15) is 0 Å². The number of nitrogens with two attached hydrogens (primary N) is 1. The Kier molecular flexibility index (Phi) is 2.86. The average molecular weight is 269 g/mol. The highest BCUT2D eigenvalue weighted by atomic mass is 79.9. The van der Waals surface area contributed by atoms with Crippen molar-refractivity contribution in [1.82, 2.24) is 4.98 Å². The zero-order valence-electron chi connectivity index (χ0n) is 9.20. The molecule has 15 heavy (non-hydrogen) atoms. The van der Waals surface area contributed by atoms with E-state index < -0.39 is 0 Å². The Bertz CT molecular complexity index is 345. The van der Waals surface area contributed by atoms with Crippen molar-refractivity contribution in [3.63, 3.8) is 0 Å². The Hall–Kier alpha value is -0.410. The van der Waals surface area contributed by atoms with Crippen molar-refractivity contribution < 1.29 is 0 Å². The molecule has 2 atom stereocenters. The zero-order valence-corrected chi connectivity index (χ0v) is 10.8. The molecular weight excluding hydrogens is 252 g/mol. The van der Waals surface area contributed by atoms with Crippen molar-refractivity contribution in [3.8, 4) is 0 Å². The van der Waals surface area contributed by atoms with Crippen LogP contribution in [0.1, 0.15) is 26.0 Å². The standard InChI is InChI=1S/C12H17BrN2/c1-12(2)6-10(12)11(14)5-9-4-3-8(13)7-15-9/h3-4,7,10-11H,5-6,14H2,1-2H3. The molecule has 1 aromatic rings. The lowest BCUT2D eigenvalue weighted by Gasteiger charge is -2.12. The maximum Gasteiger partial charge on any atom is 0.0420 e. The van der Waals surface area contributed by atoms with E-state index in [0.717, 1.165) is 16.6 Å². The Morgan fingerprint density at radius 3 is 2.73 bits per heavy atom. The normalized spacial score (nSPS) is 24.9. The zero-order chi connectivity index (χ0) is 11.1. The van der Waals surface area contributed by atoms with Gasteiger partial charge in [-0.15, -0.1) is 0 Å². The summed E-state index contributed by atoms with van der Waals surface area (Å²) in [4.78, 5) is 4.35. The second kappa shape index (κ2) is 3.87. The quantitative estimate of drug-likeness (QED) is 0.916. The van der Waals surface area contributed by atoms with Crippen LogP contribution < -0.4 is 5.73 Å². The monoisotopic (exact) mass is 268 g/mol. The van der Waals surface area contributed by atoms with Crippen molar-refractivity contribution in [3.05, 3.63) is 28.5 Å². The first-order chi connectivity index (χ1) is 6.99. The summed E-state index contributed by atoms with van der Waals surface area (Å²) in [6, 6.07) is 4.32. The summed E-state index contributed by atoms with van der Waals surface area (Å²) in [5.74, 6) is 0.669. The second-order valence-corrected chi connectivity index (χ2v) is 6.05. The average Bonchev–Trinajstić information content (AvgIpc) is 2.79. The molecule has 2 nitrogen and oxygen atoms in total. The molecule has 1 saturated carbocycles. The number of aromatic nitrogens is 1. The highest BCUT2D eigenvalue weighted by molar-refractivity contribution is 9.10. The van der Waals surface area contributed by atoms with Gasteiger partial charge in [0, 0.05) is 28.8 Å². The minimum absolute atomic E-state index is 0.258. The molecular formula is C12H17BrN2. The number of pyridine rings is 1. The van der Waals surface area contributed by atoms with Crippen molar-refractivity contribution in [2.24, 2.45) is 17.1 Å². The fourth-order valence-electron chi connectivity index (χ4n) is 2.15. The summed E-state index contributed by atoms with van der Waals surface area (Å²) in [6.45, 7) is 4.57. The van der Waals surface area contributed by atoms with Crippen LogP contribution in [0.5, 0.6) is 0 Å². The highest BCUT2D eigenvalue weighted by Gasteiger charge is 2.48. The van der Waals surface area contributed by atoms with Gasteiger partial charge in [0.25, 0.3) is 0 Å². The van der Waals surface area contributed by atoms with Gasteiger partial charge in [-0.05, 0) is 45.8 Å². The molecule has 0 radical (unpaired) electrons. The molecule has 0 saturated heterocycles. The van der Waals surface area contributed by atoms with E-state index in [1.165, 1.54) is 6.42 Å². The lowest BCUT2D eigenvalue weighted by molar-refractivity contribution is 0.474. The SMILES string of the molecule is CC1(C)CC1C(N)Cc1ccc(Br)cn1. The van der Waals surface area contributed by atoms with Crippen LogP contribution in [0.15, 0.2) is 22.8 Å². The highest BCUT2D eigenvalue weighted by Crippen LogP contribution is 2.53. The Morgan fingerprint density at radius 2 is 2.27 bits per heavy atom. The van der Waals surface area contributed by atoms with Crippen LogP contribution in [0, 0.1) is 11.3 Å². The number of hydrogen-bond donors (Lipinski definition) is 1. The Morgan fingerprint density at radius 1 is 1.60 bits per heavy atom. The number of halogens is 1. The predicted molar refractivity (Wildman–Crippen MR) is 65.5 cm³/mol. The lowest BCUT2D eigenvalue weighted by Crippen LogP contribution is -2.27. The van der Waals surface area contributed by atoms with Gasteiger partial charge in [0.2, 0.25) is 0 Å². The van der Waals surface area contributed by atoms with Crippen LogP contribution >= 0.6 is 15.9 Å². The van der Waals surface area contributed by atoms with Crippen LogP contribution in [0.25, 0.3) is 0 Å². The van der Waals surface area contributed by atoms with Gasteiger partial charge in [-0.3, -0.25) is 4.98 Å².